The molecule has 3 unspecified atom stereocenters. The second-order valence-electron chi connectivity index (χ2n) is 22.3. The molecule has 6 fully saturated rings. The average molecular weight is 1100 g/mol. The number of ketones is 1. The highest BCUT2D eigenvalue weighted by atomic mass is 32.1. The summed E-state index contributed by atoms with van der Waals surface area (Å²) in [7, 11) is 4.14. The monoisotopic (exact) mass is 1100 g/mol. The number of carbonyl (C=O) groups is 5. The minimum Gasteiger partial charge on any atom is -0.480 e. The third-order valence-corrected chi connectivity index (χ3v) is 17.8. The number of esters is 3. The molecule has 5 aromatic heterocycles. The molecule has 18 nitrogen and oxygen atoms in total. The fourth-order valence-corrected chi connectivity index (χ4v) is 12.6. The smallest absolute Gasteiger partial charge is 0.349 e. The van der Waals surface area contributed by atoms with E-state index in [1.807, 2.05) is 34.2 Å². The van der Waals surface area contributed by atoms with Crippen molar-refractivity contribution >= 4 is 57.5 Å². The van der Waals surface area contributed by atoms with Gasteiger partial charge in [-0.3, -0.25) is 18.8 Å². The number of ether oxygens (including phenoxy) is 3. The van der Waals surface area contributed by atoms with E-state index in [0.29, 0.717) is 37.6 Å². The molecule has 6 aliphatic carbocycles. The van der Waals surface area contributed by atoms with Crippen LogP contribution in [0.3, 0.4) is 0 Å². The lowest BCUT2D eigenvalue weighted by Gasteiger charge is -2.20. The van der Waals surface area contributed by atoms with E-state index in [4.69, 9.17) is 15.2 Å². The molecular formula is C57H79N9O9S2. The second kappa shape index (κ2) is 28.2. The van der Waals surface area contributed by atoms with E-state index < -0.39 is 23.9 Å². The van der Waals surface area contributed by atoms with Crippen LogP contribution in [0.2, 0.25) is 0 Å². The minimum atomic E-state index is -0.743. The van der Waals surface area contributed by atoms with Gasteiger partial charge in [0.2, 0.25) is 0 Å². The third kappa shape index (κ3) is 17.9. The van der Waals surface area contributed by atoms with Crippen molar-refractivity contribution in [1.82, 2.24) is 39.3 Å². The van der Waals surface area contributed by atoms with Crippen LogP contribution in [0.25, 0.3) is 0 Å². The molecule has 3 atom stereocenters. The average Bonchev–Trinajstić information content (AvgIpc) is 4.01. The summed E-state index contributed by atoms with van der Waals surface area (Å²) in [4.78, 5) is 67.9. The molecule has 418 valence electrons. The summed E-state index contributed by atoms with van der Waals surface area (Å²) in [5, 5.41) is 23.7. The normalized spacial score (nSPS) is 18.7. The maximum atomic E-state index is 13.2. The Morgan fingerprint density at radius 3 is 1.31 bits per heavy atom. The highest BCUT2D eigenvalue weighted by Crippen LogP contribution is 2.38. The summed E-state index contributed by atoms with van der Waals surface area (Å²) in [5.41, 5.74) is 8.95. The van der Waals surface area contributed by atoms with Crippen molar-refractivity contribution in [3.05, 3.63) is 81.0 Å². The van der Waals surface area contributed by atoms with Gasteiger partial charge in [-0.1, -0.05) is 88.4 Å². The fourth-order valence-electron chi connectivity index (χ4n) is 11.1. The van der Waals surface area contributed by atoms with Crippen LogP contribution in [-0.2, 0) is 54.3 Å². The highest BCUT2D eigenvalue weighted by Gasteiger charge is 2.32. The number of carboxylic acids is 1. The van der Waals surface area contributed by atoms with E-state index in [0.717, 1.165) is 67.6 Å². The highest BCUT2D eigenvalue weighted by molar-refractivity contribution is 7.17. The molecular weight excluding hydrogens is 1020 g/mol. The Kier molecular flexibility index (Phi) is 21.0. The number of nitrogen functional groups attached to an aromatic ring is 1. The molecule has 11 rings (SSSR count). The predicted molar refractivity (Wildman–Crippen MR) is 292 cm³/mol. The lowest BCUT2D eigenvalue weighted by molar-refractivity contribution is -0.145. The number of rotatable bonds is 22. The Bertz CT molecular complexity index is 2680. The number of nitrogens with two attached hydrogens (primary N) is 1. The van der Waals surface area contributed by atoms with Gasteiger partial charge in [-0.15, -0.1) is 11.3 Å². The van der Waals surface area contributed by atoms with Gasteiger partial charge >= 0.3 is 23.9 Å². The minimum absolute atomic E-state index is 0.124. The zero-order chi connectivity index (χ0) is 54.3. The second-order valence-corrected chi connectivity index (χ2v) is 24.5. The summed E-state index contributed by atoms with van der Waals surface area (Å²) >= 11 is 2.35. The van der Waals surface area contributed by atoms with Crippen LogP contribution in [0.5, 0.6) is 0 Å². The molecule has 5 heterocycles. The standard InChI is InChI=1S/C21H27N3O3S.C16H24N2O2.C15H22N2O2.C5H6N2O2S/c1-27-21(26)19-12-22-20(28-19)10-18(25)17(9-14-4-2-3-5-14)24-13-16(11-23-24)8-15-6-7-15;1-20-16(19)15(9-12-4-2-3-5-12)18-11-14(10-17-18)8-13-6-7-13;18-15(19)14(8-11-3-1-2-4-11)17-10-13(9-16-17)7-12-5-6-12;1-9-4(8)3-2-7-5(6)10-3/h11-15,17H,2-10H2,1H3;10-13,15H,2-9H2,1H3;9-12,14H,1-8H2,(H,18,19);2H,1H3,(H2,6,7). The summed E-state index contributed by atoms with van der Waals surface area (Å²) < 4.78 is 19.5. The van der Waals surface area contributed by atoms with Gasteiger partial charge in [0.05, 0.1) is 58.7 Å². The summed E-state index contributed by atoms with van der Waals surface area (Å²) in [6.45, 7) is 0. The number of hydrogen-bond donors (Lipinski definition) is 2. The van der Waals surface area contributed by atoms with Gasteiger partial charge in [0, 0.05) is 18.6 Å². The lowest BCUT2D eigenvalue weighted by Crippen LogP contribution is -2.24. The van der Waals surface area contributed by atoms with Gasteiger partial charge in [0.1, 0.15) is 32.9 Å². The topological polar surface area (TPSA) is 239 Å². The van der Waals surface area contributed by atoms with Crippen LogP contribution < -0.4 is 5.73 Å². The zero-order valence-electron chi connectivity index (χ0n) is 45.2. The number of anilines is 1. The van der Waals surface area contributed by atoms with E-state index >= 15 is 0 Å². The number of aliphatic carboxylic acids is 1. The van der Waals surface area contributed by atoms with Crippen molar-refractivity contribution in [2.24, 2.45) is 35.5 Å². The number of carbonyl (C=O) groups excluding carboxylic acids is 4. The number of carboxylic acid groups (broad SMARTS) is 1. The predicted octanol–water partition coefficient (Wildman–Crippen LogP) is 10.7. The first-order chi connectivity index (χ1) is 37.3. The molecule has 0 spiro atoms. The molecule has 5 aromatic rings. The molecule has 77 heavy (non-hydrogen) atoms. The van der Waals surface area contributed by atoms with Crippen LogP contribution >= 0.6 is 22.7 Å². The number of Topliss-reactive ketones (excluding diaryl/α,β-unsaturated/α-hetero) is 1. The van der Waals surface area contributed by atoms with Crippen LogP contribution in [-0.4, -0.2) is 95.4 Å². The van der Waals surface area contributed by atoms with Crippen molar-refractivity contribution in [1.29, 1.82) is 0 Å². The van der Waals surface area contributed by atoms with Gasteiger partial charge < -0.3 is 25.1 Å². The molecule has 0 saturated heterocycles. The van der Waals surface area contributed by atoms with E-state index in [2.05, 4.69) is 42.4 Å². The molecule has 0 aliphatic heterocycles. The van der Waals surface area contributed by atoms with E-state index in [1.165, 1.54) is 177 Å². The van der Waals surface area contributed by atoms with Gasteiger partial charge in [0.25, 0.3) is 0 Å². The first kappa shape index (κ1) is 57.4. The summed E-state index contributed by atoms with van der Waals surface area (Å²) in [5.74, 6) is 2.69. The van der Waals surface area contributed by atoms with Crippen molar-refractivity contribution in [2.45, 2.75) is 179 Å². The number of aromatic nitrogens is 8. The van der Waals surface area contributed by atoms with Crippen LogP contribution in [0.4, 0.5) is 5.13 Å². The molecule has 0 bridgehead atoms. The third-order valence-electron chi connectivity index (χ3n) is 16.0. The number of nitrogens with zero attached hydrogens (tertiary/aromatic N) is 8. The Balaban J connectivity index is 0.000000143. The van der Waals surface area contributed by atoms with E-state index in [-0.39, 0.29) is 30.3 Å². The van der Waals surface area contributed by atoms with Gasteiger partial charge in [-0.2, -0.15) is 15.3 Å². The molecule has 0 amide bonds. The fraction of sp³-hybridized carbons (Fsp3) is 0.649. The van der Waals surface area contributed by atoms with Crippen molar-refractivity contribution in [3.63, 3.8) is 0 Å². The van der Waals surface area contributed by atoms with E-state index in [1.54, 1.807) is 4.68 Å². The van der Waals surface area contributed by atoms with Crippen LogP contribution in [0.15, 0.2) is 49.6 Å². The molecule has 20 heteroatoms. The van der Waals surface area contributed by atoms with Gasteiger partial charge in [0.15, 0.2) is 10.9 Å². The molecule has 6 saturated carbocycles. The molecule has 0 radical (unpaired) electrons. The van der Waals surface area contributed by atoms with E-state index in [9.17, 15) is 29.1 Å². The van der Waals surface area contributed by atoms with Crippen molar-refractivity contribution in [3.8, 4) is 0 Å². The van der Waals surface area contributed by atoms with Gasteiger partial charge in [-0.25, -0.2) is 29.1 Å². The zero-order valence-corrected chi connectivity index (χ0v) is 46.8. The Labute approximate surface area is 460 Å². The van der Waals surface area contributed by atoms with Crippen LogP contribution in [0, 0.1) is 35.5 Å². The molecule has 3 N–H and O–H groups in total. The lowest BCUT2D eigenvalue weighted by atomic mass is 9.95. The molecule has 6 aliphatic rings. The Morgan fingerprint density at radius 2 is 0.922 bits per heavy atom. The first-order valence-corrected chi connectivity index (χ1v) is 29.7. The first-order valence-electron chi connectivity index (χ1n) is 28.1. The largest absolute Gasteiger partial charge is 0.480 e. The van der Waals surface area contributed by atoms with Gasteiger partial charge in [-0.05, 0) is 129 Å². The number of hydrogen-bond acceptors (Lipinski definition) is 16. The number of methoxy groups -OCH3 is 3. The SMILES string of the molecule is COC(=O)C(CC1CCCC1)n1cc(CC2CC2)cn1.COC(=O)c1cnc(CC(=O)C(CC2CCCC2)n2cc(CC3CC3)cn2)s1.COC(=O)c1cnc(N)s1.O=C(O)C(CC1CCCC1)n1cc(CC2CC2)cn1. The number of thiazole rings is 2. The maximum absolute atomic E-state index is 13.2. The summed E-state index contributed by atoms with van der Waals surface area (Å²) in [6, 6.07) is -0.964. The quantitative estimate of drug-likeness (QED) is 0.0484. The van der Waals surface area contributed by atoms with Crippen molar-refractivity contribution in [2.75, 3.05) is 27.1 Å². The Morgan fingerprint density at radius 1 is 0.532 bits per heavy atom. The van der Waals surface area contributed by atoms with Crippen LogP contribution in [0.1, 0.15) is 194 Å². The molecule has 0 aromatic carbocycles. The Hall–Kier alpha value is -5.76. The summed E-state index contributed by atoms with van der Waals surface area (Å²) in [6.07, 6.45) is 43.4. The van der Waals surface area contributed by atoms with Crippen molar-refractivity contribution < 1.29 is 43.3 Å². The maximum Gasteiger partial charge on any atom is 0.349 e.